The number of anilines is 1. The minimum atomic E-state index is 0.299. The van der Waals surface area contributed by atoms with Crippen LogP contribution in [0.1, 0.15) is 22.5 Å². The normalized spacial score (nSPS) is 10.6. The summed E-state index contributed by atoms with van der Waals surface area (Å²) in [5, 5.41) is 0. The molecule has 5 heteroatoms. The van der Waals surface area contributed by atoms with Crippen LogP contribution < -0.4 is 10.5 Å². The van der Waals surface area contributed by atoms with Gasteiger partial charge in [0.05, 0.1) is 0 Å². The molecule has 1 heterocycles. The molecule has 0 aliphatic carbocycles. The summed E-state index contributed by atoms with van der Waals surface area (Å²) in [5.74, 6) is 2.08. The molecule has 0 radical (unpaired) electrons. The summed E-state index contributed by atoms with van der Waals surface area (Å²) >= 11 is 0. The highest BCUT2D eigenvalue weighted by atomic mass is 16.5. The lowest BCUT2D eigenvalue weighted by molar-refractivity contribution is 0.177. The molecule has 2 N–H and O–H groups in total. The van der Waals surface area contributed by atoms with Gasteiger partial charge in [-0.2, -0.15) is 4.98 Å². The second-order valence-corrected chi connectivity index (χ2v) is 4.79. The Labute approximate surface area is 118 Å². The molecule has 2 aromatic rings. The number of benzene rings is 1. The van der Waals surface area contributed by atoms with Crippen molar-refractivity contribution in [2.45, 2.75) is 27.4 Å². The average Bonchev–Trinajstić information content (AvgIpc) is 2.35. The van der Waals surface area contributed by atoms with E-state index in [9.17, 15) is 0 Å². The average molecular weight is 273 g/mol. The van der Waals surface area contributed by atoms with Crippen molar-refractivity contribution in [2.24, 2.45) is 0 Å². The second-order valence-electron chi connectivity index (χ2n) is 4.79. The summed E-state index contributed by atoms with van der Waals surface area (Å²) in [6, 6.07) is 5.71. The minimum absolute atomic E-state index is 0.299. The van der Waals surface area contributed by atoms with Gasteiger partial charge in [-0.3, -0.25) is 0 Å². The van der Waals surface area contributed by atoms with E-state index in [0.717, 1.165) is 16.9 Å². The van der Waals surface area contributed by atoms with E-state index >= 15 is 0 Å². The Hall–Kier alpha value is -2.14. The van der Waals surface area contributed by atoms with Gasteiger partial charge >= 0.3 is 0 Å². The van der Waals surface area contributed by atoms with E-state index in [1.165, 1.54) is 5.56 Å². The number of hydrogen-bond acceptors (Lipinski definition) is 5. The van der Waals surface area contributed by atoms with E-state index < -0.39 is 0 Å². The Balaban J connectivity index is 2.34. The van der Waals surface area contributed by atoms with Crippen LogP contribution in [-0.4, -0.2) is 17.1 Å². The molecular weight excluding hydrogens is 254 g/mol. The first-order valence-corrected chi connectivity index (χ1v) is 6.37. The topological polar surface area (TPSA) is 70.3 Å². The van der Waals surface area contributed by atoms with Crippen molar-refractivity contribution in [1.82, 2.24) is 9.97 Å². The zero-order chi connectivity index (χ0) is 14.7. The summed E-state index contributed by atoms with van der Waals surface area (Å²) in [5.41, 5.74) is 9.16. The van der Waals surface area contributed by atoms with Gasteiger partial charge in [0, 0.05) is 13.2 Å². The van der Waals surface area contributed by atoms with Gasteiger partial charge in [-0.05, 0) is 43.5 Å². The number of aromatic nitrogens is 2. The van der Waals surface area contributed by atoms with Gasteiger partial charge in [-0.1, -0.05) is 6.07 Å². The highest BCUT2D eigenvalue weighted by molar-refractivity contribution is 5.44. The van der Waals surface area contributed by atoms with Crippen molar-refractivity contribution >= 4 is 5.82 Å². The molecule has 5 nitrogen and oxygen atoms in total. The van der Waals surface area contributed by atoms with E-state index in [-0.39, 0.29) is 0 Å². The lowest BCUT2D eigenvalue weighted by atomic mass is 10.1. The van der Waals surface area contributed by atoms with Gasteiger partial charge in [0.1, 0.15) is 18.2 Å². The number of ether oxygens (including phenoxy) is 2. The highest BCUT2D eigenvalue weighted by Gasteiger charge is 2.09. The quantitative estimate of drug-likeness (QED) is 0.927. The molecule has 0 unspecified atom stereocenters. The van der Waals surface area contributed by atoms with E-state index in [4.69, 9.17) is 15.2 Å². The first-order valence-electron chi connectivity index (χ1n) is 6.37. The van der Waals surface area contributed by atoms with Crippen LogP contribution in [0.4, 0.5) is 5.82 Å². The van der Waals surface area contributed by atoms with Crippen LogP contribution in [0.2, 0.25) is 0 Å². The van der Waals surface area contributed by atoms with Gasteiger partial charge in [-0.15, -0.1) is 0 Å². The predicted octanol–water partition coefficient (Wildman–Crippen LogP) is 2.92. The van der Waals surface area contributed by atoms with E-state index in [1.54, 1.807) is 13.2 Å². The maximum atomic E-state index is 5.85. The molecule has 0 bridgehead atoms. The predicted molar refractivity (Wildman–Crippen MR) is 77.9 cm³/mol. The molecule has 1 aromatic carbocycles. The Morgan fingerprint density at radius 2 is 1.85 bits per heavy atom. The van der Waals surface area contributed by atoms with Gasteiger partial charge in [0.15, 0.2) is 5.82 Å². The summed E-state index contributed by atoms with van der Waals surface area (Å²) in [6.07, 6.45) is 0. The minimum Gasteiger partial charge on any atom is -0.439 e. The summed E-state index contributed by atoms with van der Waals surface area (Å²) < 4.78 is 10.9. The molecular formula is C15H19N3O2. The molecule has 0 aliphatic rings. The van der Waals surface area contributed by atoms with Crippen LogP contribution in [0.25, 0.3) is 0 Å². The fourth-order valence-electron chi connectivity index (χ4n) is 1.96. The van der Waals surface area contributed by atoms with Crippen LogP contribution in [0.5, 0.6) is 11.6 Å². The number of methoxy groups -OCH3 is 1. The molecule has 0 atom stereocenters. The number of rotatable bonds is 4. The van der Waals surface area contributed by atoms with Crippen molar-refractivity contribution in [3.05, 3.63) is 40.7 Å². The van der Waals surface area contributed by atoms with Crippen molar-refractivity contribution < 1.29 is 9.47 Å². The maximum Gasteiger partial charge on any atom is 0.224 e. The van der Waals surface area contributed by atoms with Crippen LogP contribution >= 0.6 is 0 Å². The Morgan fingerprint density at radius 1 is 1.10 bits per heavy atom. The SMILES string of the molecule is COCc1nc(N)cc(Oc2cc(C)cc(C)c2C)n1. The smallest absolute Gasteiger partial charge is 0.224 e. The van der Waals surface area contributed by atoms with E-state index in [2.05, 4.69) is 23.0 Å². The summed E-state index contributed by atoms with van der Waals surface area (Å²) in [4.78, 5) is 8.37. The maximum absolute atomic E-state index is 5.85. The van der Waals surface area contributed by atoms with Crippen LogP contribution in [0.3, 0.4) is 0 Å². The standard InChI is InChI=1S/C15H19N3O2/c1-9-5-10(2)11(3)12(6-9)20-15-7-13(16)17-14(18-15)8-19-4/h5-7H,8H2,1-4H3,(H2,16,17,18). The third-order valence-electron chi connectivity index (χ3n) is 3.02. The number of nitrogens with two attached hydrogens (primary N) is 1. The van der Waals surface area contributed by atoms with Crippen molar-refractivity contribution in [2.75, 3.05) is 12.8 Å². The first-order chi connectivity index (χ1) is 9.49. The summed E-state index contributed by atoms with van der Waals surface area (Å²) in [6.45, 7) is 6.40. The molecule has 0 saturated carbocycles. The fourth-order valence-corrected chi connectivity index (χ4v) is 1.96. The Morgan fingerprint density at radius 3 is 2.55 bits per heavy atom. The number of nitrogens with zero attached hydrogens (tertiary/aromatic N) is 2. The second kappa shape index (κ2) is 5.88. The van der Waals surface area contributed by atoms with Gasteiger partial charge in [0.25, 0.3) is 0 Å². The number of hydrogen-bond donors (Lipinski definition) is 1. The molecule has 0 spiro atoms. The molecule has 0 aliphatic heterocycles. The van der Waals surface area contributed by atoms with Crippen molar-refractivity contribution in [3.8, 4) is 11.6 Å². The largest absolute Gasteiger partial charge is 0.439 e. The van der Waals surface area contributed by atoms with E-state index in [1.807, 2.05) is 19.9 Å². The lowest BCUT2D eigenvalue weighted by Crippen LogP contribution is -2.03. The molecule has 0 saturated heterocycles. The van der Waals surface area contributed by atoms with Gasteiger partial charge in [-0.25, -0.2) is 4.98 Å². The Kier molecular flexibility index (Phi) is 4.20. The van der Waals surface area contributed by atoms with Crippen LogP contribution in [0, 0.1) is 20.8 Å². The third-order valence-corrected chi connectivity index (χ3v) is 3.02. The van der Waals surface area contributed by atoms with Gasteiger partial charge < -0.3 is 15.2 Å². The first kappa shape index (κ1) is 14.3. The molecule has 1 aromatic heterocycles. The van der Waals surface area contributed by atoms with Crippen molar-refractivity contribution in [3.63, 3.8) is 0 Å². The molecule has 20 heavy (non-hydrogen) atoms. The number of nitrogen functional groups attached to an aromatic ring is 1. The molecule has 2 rings (SSSR count). The molecule has 106 valence electrons. The van der Waals surface area contributed by atoms with Crippen LogP contribution in [0.15, 0.2) is 18.2 Å². The molecule has 0 amide bonds. The Bertz CT molecular complexity index is 627. The summed E-state index contributed by atoms with van der Waals surface area (Å²) in [7, 11) is 1.58. The van der Waals surface area contributed by atoms with E-state index in [0.29, 0.717) is 24.1 Å². The zero-order valence-corrected chi connectivity index (χ0v) is 12.2. The monoisotopic (exact) mass is 273 g/mol. The van der Waals surface area contributed by atoms with Crippen LogP contribution in [-0.2, 0) is 11.3 Å². The lowest BCUT2D eigenvalue weighted by Gasteiger charge is -2.12. The highest BCUT2D eigenvalue weighted by Crippen LogP contribution is 2.28. The third kappa shape index (κ3) is 3.24. The fraction of sp³-hybridized carbons (Fsp3) is 0.333. The number of aryl methyl sites for hydroxylation is 2. The van der Waals surface area contributed by atoms with Crippen molar-refractivity contribution in [1.29, 1.82) is 0 Å². The molecule has 0 fully saturated rings. The zero-order valence-electron chi connectivity index (χ0n) is 12.2. The van der Waals surface area contributed by atoms with Gasteiger partial charge in [0.2, 0.25) is 5.88 Å².